The van der Waals surface area contributed by atoms with Crippen molar-refractivity contribution in [1.82, 2.24) is 9.72 Å². The molecule has 0 saturated carbocycles. The SMILES string of the molecule is O=C(O)O.P=NPNPNP. The van der Waals surface area contributed by atoms with Crippen molar-refractivity contribution in [2.24, 2.45) is 4.52 Å². The molecule has 0 aliphatic heterocycles. The lowest BCUT2D eigenvalue weighted by atomic mass is 11.5. The van der Waals surface area contributed by atoms with Gasteiger partial charge in [-0.3, -0.25) is 4.86 Å². The first kappa shape index (κ1) is 14.1. The average Bonchev–Trinajstić information content (AvgIpc) is 1.88. The van der Waals surface area contributed by atoms with Crippen molar-refractivity contribution in [3.05, 3.63) is 0 Å². The van der Waals surface area contributed by atoms with Crippen molar-refractivity contribution in [2.45, 2.75) is 0 Å². The predicted molar refractivity (Wildman–Crippen MR) is 54.0 cm³/mol. The van der Waals surface area contributed by atoms with Gasteiger partial charge in [-0.25, -0.2) is 14.2 Å². The second kappa shape index (κ2) is 13.2. The van der Waals surface area contributed by atoms with Crippen LogP contribution >= 0.6 is 36.2 Å². The number of rotatable bonds is 4. The molecule has 4 N–H and O–H groups in total. The highest BCUT2D eigenvalue weighted by Gasteiger charge is 1.72. The summed E-state index contributed by atoms with van der Waals surface area (Å²) in [4.78, 5) is 14.4. The van der Waals surface area contributed by atoms with Crippen LogP contribution < -0.4 is 9.72 Å². The molecule has 0 amide bonds. The standard InChI is InChI=1S/CH2O3.H7N3P4/c2-1(3)4;4-1-6-3-7-2-5/h(H2,2,3,4);1,3,5-7H,4H2. The van der Waals surface area contributed by atoms with Gasteiger partial charge >= 0.3 is 6.16 Å². The van der Waals surface area contributed by atoms with E-state index in [1.165, 1.54) is 0 Å². The summed E-state index contributed by atoms with van der Waals surface area (Å²) >= 11 is 0. The minimum atomic E-state index is -1.83. The highest BCUT2D eigenvalue weighted by Crippen LogP contribution is 2.14. The van der Waals surface area contributed by atoms with Crippen LogP contribution in [0.3, 0.4) is 0 Å². The zero-order chi connectivity index (χ0) is 9.11. The first-order valence-electron chi connectivity index (χ1n) is 2.14. The fraction of sp³-hybridized carbons (Fsp3) is 0. The van der Waals surface area contributed by atoms with Crippen molar-refractivity contribution < 1.29 is 15.0 Å². The second-order valence-corrected chi connectivity index (χ2v) is 4.42. The number of nitrogens with one attached hydrogen (secondary N) is 2. The zero-order valence-corrected chi connectivity index (χ0v) is 9.48. The number of nitrogens with zero attached hydrogens (tertiary/aromatic N) is 1. The van der Waals surface area contributed by atoms with Crippen LogP contribution in [0, 0.1) is 0 Å². The van der Waals surface area contributed by atoms with Gasteiger partial charge in [0.25, 0.3) is 0 Å². The number of carbonyl (C=O) groups is 1. The van der Waals surface area contributed by atoms with Gasteiger partial charge in [-0.05, 0) is 9.03 Å². The molecule has 0 spiro atoms. The largest absolute Gasteiger partial charge is 0.503 e. The van der Waals surface area contributed by atoms with Gasteiger partial charge in [-0.2, -0.15) is 0 Å². The van der Waals surface area contributed by atoms with Crippen molar-refractivity contribution >= 4 is 42.3 Å². The second-order valence-electron chi connectivity index (χ2n) is 0.901. The third-order valence-corrected chi connectivity index (χ3v) is 2.22. The van der Waals surface area contributed by atoms with E-state index in [-0.39, 0.29) is 0 Å². The summed E-state index contributed by atoms with van der Waals surface area (Å²) in [5.41, 5.74) is 0. The first-order chi connectivity index (χ1) is 5.15. The third-order valence-electron chi connectivity index (χ3n) is 0.246. The summed E-state index contributed by atoms with van der Waals surface area (Å²) < 4.78 is 3.65. The topological polar surface area (TPSA) is 94.0 Å². The van der Waals surface area contributed by atoms with Gasteiger partial charge in [0.15, 0.2) is 0 Å². The lowest BCUT2D eigenvalue weighted by Crippen LogP contribution is -1.86. The van der Waals surface area contributed by atoms with Gasteiger partial charge in [-0.1, -0.05) is 9.39 Å². The molecule has 0 aliphatic rings. The average molecular weight is 235 g/mol. The molecule has 0 heterocycles. The van der Waals surface area contributed by atoms with Crippen LogP contribution in [-0.4, -0.2) is 16.4 Å². The molecular weight excluding hydrogens is 226 g/mol. The molecule has 0 aromatic carbocycles. The summed E-state index contributed by atoms with van der Waals surface area (Å²) in [6, 6.07) is 0. The van der Waals surface area contributed by atoms with E-state index >= 15 is 0 Å². The van der Waals surface area contributed by atoms with E-state index in [1.54, 1.807) is 0 Å². The summed E-state index contributed by atoms with van der Waals surface area (Å²) in [6.07, 6.45) is -1.83. The summed E-state index contributed by atoms with van der Waals surface area (Å²) in [6.45, 7) is 0. The van der Waals surface area contributed by atoms with E-state index in [0.717, 1.165) is 0 Å². The van der Waals surface area contributed by atoms with E-state index in [1.807, 2.05) is 0 Å². The monoisotopic (exact) mass is 235 g/mol. The molecule has 3 unspecified atom stereocenters. The number of hydrogen-bond acceptors (Lipinski definition) is 4. The molecule has 0 aliphatic carbocycles. The minimum Gasteiger partial charge on any atom is -0.450 e. The van der Waals surface area contributed by atoms with Crippen molar-refractivity contribution in [3.63, 3.8) is 0 Å². The van der Waals surface area contributed by atoms with Gasteiger partial charge in [-0.15, -0.1) is 0 Å². The number of carboxylic acid groups (broad SMARTS) is 2. The maximum Gasteiger partial charge on any atom is 0.503 e. The van der Waals surface area contributed by atoms with Gasteiger partial charge < -0.3 is 10.2 Å². The Hall–Kier alpha value is 0.580. The van der Waals surface area contributed by atoms with Gasteiger partial charge in [0, 0.05) is 8.88 Å². The molecule has 0 aromatic heterocycles. The minimum absolute atomic E-state index is 0.447. The van der Waals surface area contributed by atoms with Crippen molar-refractivity contribution in [1.29, 1.82) is 0 Å². The van der Waals surface area contributed by atoms with E-state index < -0.39 is 6.16 Å². The maximum atomic E-state index is 8.56. The molecule has 11 heavy (non-hydrogen) atoms. The Morgan fingerprint density at radius 3 is 2.36 bits per heavy atom. The first-order valence-corrected chi connectivity index (χ1v) is 5.11. The Balaban J connectivity index is 0. The van der Waals surface area contributed by atoms with Gasteiger partial charge in [0.1, 0.15) is 0 Å². The van der Waals surface area contributed by atoms with Crippen LogP contribution in [-0.2, 0) is 0 Å². The molecule has 0 bridgehead atoms. The Morgan fingerprint density at radius 2 is 2.09 bits per heavy atom. The van der Waals surface area contributed by atoms with E-state index in [9.17, 15) is 0 Å². The normalized spacial score (nSPS) is 9.91. The summed E-state index contributed by atoms with van der Waals surface area (Å²) in [5, 5.41) is 13.9. The lowest BCUT2D eigenvalue weighted by Gasteiger charge is -1.93. The van der Waals surface area contributed by atoms with Gasteiger partial charge in [0.05, 0.1) is 8.88 Å². The van der Waals surface area contributed by atoms with Crippen molar-refractivity contribution in [2.75, 3.05) is 0 Å². The smallest absolute Gasteiger partial charge is 0.450 e. The molecule has 0 fully saturated rings. The van der Waals surface area contributed by atoms with E-state index in [0.29, 0.717) is 17.8 Å². The van der Waals surface area contributed by atoms with Gasteiger partial charge in [0.2, 0.25) is 0 Å². The fourth-order valence-electron chi connectivity index (χ4n) is 0.0920. The molecule has 66 valence electrons. The molecule has 0 rings (SSSR count). The van der Waals surface area contributed by atoms with Crippen LogP contribution in [0.1, 0.15) is 0 Å². The Bertz CT molecular complexity index is 107. The Labute approximate surface area is 72.3 Å². The van der Waals surface area contributed by atoms with Crippen LogP contribution in [0.4, 0.5) is 4.79 Å². The van der Waals surface area contributed by atoms with Crippen molar-refractivity contribution in [3.8, 4) is 0 Å². The summed E-state index contributed by atoms with van der Waals surface area (Å²) in [5.74, 6) is 0. The predicted octanol–water partition coefficient (Wildman–Crippen LogP) is 1.52. The van der Waals surface area contributed by atoms with E-state index in [4.69, 9.17) is 15.0 Å². The highest BCUT2D eigenvalue weighted by atomic mass is 31.2. The maximum absolute atomic E-state index is 8.56. The molecule has 10 heteroatoms. The Morgan fingerprint density at radius 1 is 1.64 bits per heavy atom. The lowest BCUT2D eigenvalue weighted by molar-refractivity contribution is 0.137. The molecule has 0 radical (unpaired) electrons. The fourth-order valence-corrected chi connectivity index (χ4v) is 1.98. The molecule has 0 saturated heterocycles. The molecule has 6 nitrogen and oxygen atoms in total. The van der Waals surface area contributed by atoms with Crippen LogP contribution in [0.15, 0.2) is 4.52 Å². The number of hydrogen-bond donors (Lipinski definition) is 4. The van der Waals surface area contributed by atoms with Crippen LogP contribution in [0.2, 0.25) is 0 Å². The zero-order valence-electron chi connectivity index (χ0n) is 5.33. The summed E-state index contributed by atoms with van der Waals surface area (Å²) in [7, 11) is 6.38. The Kier molecular flexibility index (Phi) is 16.9. The highest BCUT2D eigenvalue weighted by molar-refractivity contribution is 7.55. The molecule has 3 atom stereocenters. The molecular formula is CH9N3O3P4. The molecule has 0 aromatic rings. The quantitative estimate of drug-likeness (QED) is 0.437. The van der Waals surface area contributed by atoms with E-state index in [2.05, 4.69) is 32.7 Å². The third kappa shape index (κ3) is 37.1. The van der Waals surface area contributed by atoms with Crippen LogP contribution in [0.25, 0.3) is 0 Å². The van der Waals surface area contributed by atoms with Crippen LogP contribution in [0.5, 0.6) is 0 Å².